The molecular weight excluding hydrogens is 244 g/mol. The van der Waals surface area contributed by atoms with Gasteiger partial charge in [0.05, 0.1) is 13.2 Å². The maximum atomic E-state index is 10.8. The Morgan fingerprint density at radius 2 is 1.26 bits per heavy atom. The van der Waals surface area contributed by atoms with Crippen molar-refractivity contribution >= 4 is 11.9 Å². The second-order valence-corrected chi connectivity index (χ2v) is 4.23. The van der Waals surface area contributed by atoms with Crippen LogP contribution in [0, 0.1) is 0 Å². The van der Waals surface area contributed by atoms with Crippen LogP contribution in [-0.4, -0.2) is 25.2 Å². The molecule has 0 bridgehead atoms. The first-order valence-corrected chi connectivity index (χ1v) is 7.43. The highest BCUT2D eigenvalue weighted by atomic mass is 16.5. The highest BCUT2D eigenvalue weighted by Crippen LogP contribution is 1.96. The van der Waals surface area contributed by atoms with Gasteiger partial charge in [0.1, 0.15) is 0 Å². The second kappa shape index (κ2) is 16.9. The first-order chi connectivity index (χ1) is 9.12. The molecule has 0 rings (SSSR count). The molecule has 0 aliphatic rings. The van der Waals surface area contributed by atoms with E-state index in [-0.39, 0.29) is 11.9 Å². The first kappa shape index (κ1) is 20.3. The van der Waals surface area contributed by atoms with Crippen LogP contribution in [-0.2, 0) is 19.1 Å². The maximum absolute atomic E-state index is 10.8. The molecule has 0 radical (unpaired) electrons. The molecule has 0 saturated heterocycles. The van der Waals surface area contributed by atoms with Gasteiger partial charge in [-0.25, -0.2) is 0 Å². The molecule has 0 saturated carbocycles. The summed E-state index contributed by atoms with van der Waals surface area (Å²) in [5.41, 5.74) is 0. The fourth-order valence-electron chi connectivity index (χ4n) is 1.25. The number of carbonyl (C=O) groups excluding carboxylic acids is 2. The van der Waals surface area contributed by atoms with Crippen molar-refractivity contribution in [2.75, 3.05) is 13.2 Å². The van der Waals surface area contributed by atoms with Crippen LogP contribution < -0.4 is 0 Å². The van der Waals surface area contributed by atoms with Gasteiger partial charge in [0.2, 0.25) is 0 Å². The lowest BCUT2D eigenvalue weighted by molar-refractivity contribution is -0.144. The summed E-state index contributed by atoms with van der Waals surface area (Å²) in [4.78, 5) is 21.2. The average molecular weight is 274 g/mol. The van der Waals surface area contributed by atoms with Crippen molar-refractivity contribution in [1.29, 1.82) is 0 Å². The highest BCUT2D eigenvalue weighted by molar-refractivity contribution is 5.69. The maximum Gasteiger partial charge on any atom is 0.305 e. The molecule has 0 amide bonds. The van der Waals surface area contributed by atoms with Crippen molar-refractivity contribution in [1.82, 2.24) is 0 Å². The van der Waals surface area contributed by atoms with Gasteiger partial charge in [-0.2, -0.15) is 0 Å². The van der Waals surface area contributed by atoms with E-state index in [0.717, 1.165) is 25.7 Å². The molecular formula is C15H30O4. The van der Waals surface area contributed by atoms with Crippen molar-refractivity contribution in [3.05, 3.63) is 0 Å². The van der Waals surface area contributed by atoms with Crippen molar-refractivity contribution in [3.8, 4) is 0 Å². The summed E-state index contributed by atoms with van der Waals surface area (Å²) in [6.07, 6.45) is 6.20. The lowest BCUT2D eigenvalue weighted by Crippen LogP contribution is -2.04. The molecule has 0 spiro atoms. The van der Waals surface area contributed by atoms with E-state index in [1.807, 2.05) is 20.8 Å². The smallest absolute Gasteiger partial charge is 0.305 e. The van der Waals surface area contributed by atoms with Crippen LogP contribution >= 0.6 is 0 Å². The van der Waals surface area contributed by atoms with Gasteiger partial charge >= 0.3 is 11.9 Å². The van der Waals surface area contributed by atoms with Gasteiger partial charge < -0.3 is 9.47 Å². The summed E-state index contributed by atoms with van der Waals surface area (Å²) < 4.78 is 9.59. The lowest BCUT2D eigenvalue weighted by Gasteiger charge is -2.01. The lowest BCUT2D eigenvalue weighted by atomic mass is 10.3. The second-order valence-electron chi connectivity index (χ2n) is 4.23. The minimum atomic E-state index is -0.0880. The standard InChI is InChI=1S/C9H18O2.C6H12O2/c1-3-5-6-8-11-9(10)7-4-2;1-3-5-6(7)8-4-2/h3-8H2,1-2H3;3-5H2,1-2H3. The van der Waals surface area contributed by atoms with E-state index in [0.29, 0.717) is 26.1 Å². The first-order valence-electron chi connectivity index (χ1n) is 7.43. The molecule has 4 nitrogen and oxygen atoms in total. The third-order valence-electron chi connectivity index (χ3n) is 2.22. The van der Waals surface area contributed by atoms with Gasteiger partial charge in [-0.1, -0.05) is 33.6 Å². The summed E-state index contributed by atoms with van der Waals surface area (Å²) in [6, 6.07) is 0. The van der Waals surface area contributed by atoms with Crippen molar-refractivity contribution < 1.29 is 19.1 Å². The predicted octanol–water partition coefficient (Wildman–Crippen LogP) is 3.87. The summed E-state index contributed by atoms with van der Waals surface area (Å²) in [5, 5.41) is 0. The predicted molar refractivity (Wildman–Crippen MR) is 76.9 cm³/mol. The zero-order chi connectivity index (χ0) is 14.9. The van der Waals surface area contributed by atoms with Gasteiger partial charge in [-0.05, 0) is 26.2 Å². The normalized spacial score (nSPS) is 9.26. The summed E-state index contributed by atoms with van der Waals surface area (Å²) in [7, 11) is 0. The van der Waals surface area contributed by atoms with Crippen molar-refractivity contribution in [3.63, 3.8) is 0 Å². The SMILES string of the molecule is CCCC(=O)OCC.CCCCCOC(=O)CCC. The molecule has 0 aliphatic heterocycles. The highest BCUT2D eigenvalue weighted by Gasteiger charge is 1.98. The Morgan fingerprint density at radius 3 is 1.68 bits per heavy atom. The monoisotopic (exact) mass is 274 g/mol. The Balaban J connectivity index is 0. The van der Waals surface area contributed by atoms with Crippen LogP contribution in [0.3, 0.4) is 0 Å². The van der Waals surface area contributed by atoms with Crippen LogP contribution in [0.1, 0.15) is 72.6 Å². The third kappa shape index (κ3) is 19.5. The molecule has 0 aromatic rings. The van der Waals surface area contributed by atoms with Gasteiger partial charge in [0, 0.05) is 12.8 Å². The fraction of sp³-hybridized carbons (Fsp3) is 0.867. The van der Waals surface area contributed by atoms with Gasteiger partial charge in [0.25, 0.3) is 0 Å². The Hall–Kier alpha value is -1.06. The fourth-order valence-corrected chi connectivity index (χ4v) is 1.25. The number of hydrogen-bond acceptors (Lipinski definition) is 4. The van der Waals surface area contributed by atoms with Gasteiger partial charge in [-0.15, -0.1) is 0 Å². The third-order valence-corrected chi connectivity index (χ3v) is 2.22. The molecule has 0 N–H and O–H groups in total. The molecule has 0 heterocycles. The van der Waals surface area contributed by atoms with E-state index in [9.17, 15) is 9.59 Å². The molecule has 114 valence electrons. The number of ether oxygens (including phenoxy) is 2. The number of rotatable bonds is 9. The van der Waals surface area contributed by atoms with Crippen LogP contribution in [0.4, 0.5) is 0 Å². The van der Waals surface area contributed by atoms with Gasteiger partial charge in [0.15, 0.2) is 0 Å². The van der Waals surface area contributed by atoms with E-state index in [2.05, 4.69) is 11.7 Å². The Labute approximate surface area is 117 Å². The minimum Gasteiger partial charge on any atom is -0.466 e. The van der Waals surface area contributed by atoms with E-state index in [1.165, 1.54) is 6.42 Å². The Kier molecular flexibility index (Phi) is 18.1. The van der Waals surface area contributed by atoms with Crippen LogP contribution in [0.5, 0.6) is 0 Å². The van der Waals surface area contributed by atoms with Crippen LogP contribution in [0.2, 0.25) is 0 Å². The van der Waals surface area contributed by atoms with Gasteiger partial charge in [-0.3, -0.25) is 9.59 Å². The zero-order valence-corrected chi connectivity index (χ0v) is 13.0. The van der Waals surface area contributed by atoms with Crippen LogP contribution in [0.25, 0.3) is 0 Å². The zero-order valence-electron chi connectivity index (χ0n) is 13.0. The molecule has 4 heteroatoms. The molecule has 0 atom stereocenters. The van der Waals surface area contributed by atoms with E-state index < -0.39 is 0 Å². The number of carbonyl (C=O) groups is 2. The van der Waals surface area contributed by atoms with E-state index in [4.69, 9.17) is 4.74 Å². The topological polar surface area (TPSA) is 52.6 Å². The molecule has 19 heavy (non-hydrogen) atoms. The summed E-state index contributed by atoms with van der Waals surface area (Å²) in [6.45, 7) is 8.98. The average Bonchev–Trinajstić information content (AvgIpc) is 2.36. The largest absolute Gasteiger partial charge is 0.466 e. The van der Waals surface area contributed by atoms with Crippen molar-refractivity contribution in [2.24, 2.45) is 0 Å². The quantitative estimate of drug-likeness (QED) is 0.473. The number of hydrogen-bond donors (Lipinski definition) is 0. The number of esters is 2. The molecule has 0 unspecified atom stereocenters. The minimum absolute atomic E-state index is 0.0522. The van der Waals surface area contributed by atoms with E-state index in [1.54, 1.807) is 0 Å². The number of unbranched alkanes of at least 4 members (excludes halogenated alkanes) is 2. The Bertz CT molecular complexity index is 206. The summed E-state index contributed by atoms with van der Waals surface area (Å²) in [5.74, 6) is -0.140. The van der Waals surface area contributed by atoms with Crippen molar-refractivity contribution in [2.45, 2.75) is 72.6 Å². The molecule has 0 aromatic heterocycles. The van der Waals surface area contributed by atoms with E-state index >= 15 is 0 Å². The molecule has 0 fully saturated rings. The Morgan fingerprint density at radius 1 is 0.737 bits per heavy atom. The van der Waals surface area contributed by atoms with Crippen LogP contribution in [0.15, 0.2) is 0 Å². The molecule has 0 aromatic carbocycles. The summed E-state index contributed by atoms with van der Waals surface area (Å²) >= 11 is 0. The molecule has 0 aliphatic carbocycles.